The Labute approximate surface area is 218 Å². The van der Waals surface area contributed by atoms with Gasteiger partial charge in [-0.15, -0.1) is 0 Å². The van der Waals surface area contributed by atoms with Crippen LogP contribution in [0.4, 0.5) is 0 Å². The molecule has 1 aromatic heterocycles. The zero-order valence-corrected chi connectivity index (χ0v) is 26.1. The zero-order valence-electron chi connectivity index (χ0n) is 22.2. The molecule has 0 aromatic carbocycles. The minimum Gasteiger partial charge on any atom is -1.00 e. The van der Waals surface area contributed by atoms with Crippen molar-refractivity contribution in [2.24, 2.45) is 10.8 Å². The summed E-state index contributed by atoms with van der Waals surface area (Å²) in [6.07, 6.45) is 11.7. The standard InChI is InChI=1S/C29H43STe.ClH/c1-26(2,3)22-16-20(17-23(30-22)27(4,5)6)14-13-15-21-18-24(28(7,8)9)31-25(19-21)29(10,11)12;/h13-19H,1-12H3;1H/q+1;/p-1/b14-13+;. The third kappa shape index (κ3) is 8.43. The van der Waals surface area contributed by atoms with Crippen LogP contribution in [0, 0.1) is 10.8 Å². The van der Waals surface area contributed by atoms with Crippen molar-refractivity contribution in [2.45, 2.75) is 93.9 Å². The molecule has 0 fully saturated rings. The van der Waals surface area contributed by atoms with Gasteiger partial charge in [-0.3, -0.25) is 0 Å². The second-order valence-electron chi connectivity index (χ2n) is 12.8. The SMILES string of the molecule is CC(C)(C)C1=CC(=C/C=C/c2cc(C(C)(C)C)[s+]c(C(C)(C)C)c2)C=C(C(C)(C)C)[Te]1.[Cl-]. The second-order valence-corrected chi connectivity index (χ2v) is 16.9. The summed E-state index contributed by atoms with van der Waals surface area (Å²) in [6.45, 7) is 28.0. The molecule has 2 heterocycles. The normalized spacial score (nSPS) is 15.9. The molecule has 178 valence electrons. The van der Waals surface area contributed by atoms with Gasteiger partial charge in [0.1, 0.15) is 0 Å². The van der Waals surface area contributed by atoms with Gasteiger partial charge in [0.25, 0.3) is 0 Å². The molecule has 0 aliphatic carbocycles. The topological polar surface area (TPSA) is 0 Å². The van der Waals surface area contributed by atoms with Gasteiger partial charge < -0.3 is 12.4 Å². The summed E-state index contributed by atoms with van der Waals surface area (Å²) in [5.41, 5.74) is 3.47. The van der Waals surface area contributed by atoms with Crippen LogP contribution in [0.25, 0.3) is 6.08 Å². The van der Waals surface area contributed by atoms with Crippen LogP contribution in [-0.4, -0.2) is 20.9 Å². The van der Waals surface area contributed by atoms with Gasteiger partial charge in [-0.1, -0.05) is 0 Å². The smallest absolute Gasteiger partial charge is 1.00 e. The molecule has 0 radical (unpaired) electrons. The molecule has 0 atom stereocenters. The Morgan fingerprint density at radius 3 is 1.41 bits per heavy atom. The fraction of sp³-hybridized carbons (Fsp3) is 0.552. The van der Waals surface area contributed by atoms with E-state index in [4.69, 9.17) is 0 Å². The van der Waals surface area contributed by atoms with E-state index in [0.717, 1.165) is 0 Å². The first-order chi connectivity index (χ1) is 13.9. The molecule has 1 aromatic rings. The van der Waals surface area contributed by atoms with E-state index in [1.165, 1.54) is 20.9 Å². The van der Waals surface area contributed by atoms with Crippen LogP contribution in [0.15, 0.2) is 49.3 Å². The number of hydrogen-bond donors (Lipinski definition) is 0. The first-order valence-electron chi connectivity index (χ1n) is 11.4. The van der Waals surface area contributed by atoms with Crippen LogP contribution >= 0.6 is 11.3 Å². The second kappa shape index (κ2) is 10.5. The summed E-state index contributed by atoms with van der Waals surface area (Å²) in [4.78, 5) is 2.89. The molecule has 0 unspecified atom stereocenters. The number of hydrogen-bond acceptors (Lipinski definition) is 0. The van der Waals surface area contributed by atoms with Gasteiger partial charge in [-0.2, -0.15) is 0 Å². The Bertz CT molecular complexity index is 869. The summed E-state index contributed by atoms with van der Waals surface area (Å²) < 4.78 is 3.30. The molecular weight excluding hydrogens is 543 g/mol. The molecule has 0 N–H and O–H groups in total. The van der Waals surface area contributed by atoms with Crippen molar-refractivity contribution in [3.05, 3.63) is 64.6 Å². The molecule has 2 rings (SSSR count). The van der Waals surface area contributed by atoms with Gasteiger partial charge in [0.15, 0.2) is 0 Å². The third-order valence-electron chi connectivity index (χ3n) is 5.17. The Morgan fingerprint density at radius 1 is 0.656 bits per heavy atom. The molecule has 0 nitrogen and oxygen atoms in total. The van der Waals surface area contributed by atoms with E-state index in [2.05, 4.69) is 126 Å². The summed E-state index contributed by atoms with van der Waals surface area (Å²) >= 11 is 1.69. The fourth-order valence-electron chi connectivity index (χ4n) is 2.98. The Kier molecular flexibility index (Phi) is 9.71. The average molecular weight is 587 g/mol. The Balaban J connectivity index is 0.00000512. The van der Waals surface area contributed by atoms with E-state index >= 15 is 0 Å². The van der Waals surface area contributed by atoms with Gasteiger partial charge in [0.2, 0.25) is 0 Å². The van der Waals surface area contributed by atoms with Crippen LogP contribution in [0.2, 0.25) is 0 Å². The van der Waals surface area contributed by atoms with E-state index in [9.17, 15) is 0 Å². The van der Waals surface area contributed by atoms with Gasteiger partial charge in [-0.25, -0.2) is 0 Å². The molecule has 0 bridgehead atoms. The molecule has 0 spiro atoms. The van der Waals surface area contributed by atoms with Crippen molar-refractivity contribution in [1.82, 2.24) is 0 Å². The summed E-state index contributed by atoms with van der Waals surface area (Å²) in [5, 5.41) is 0. The first kappa shape index (κ1) is 29.6. The van der Waals surface area contributed by atoms with Gasteiger partial charge in [0.05, 0.1) is 0 Å². The maximum Gasteiger partial charge on any atom is -1.00 e. The van der Waals surface area contributed by atoms with E-state index in [1.54, 1.807) is 7.24 Å². The van der Waals surface area contributed by atoms with E-state index in [0.29, 0.717) is 0 Å². The molecule has 0 amide bonds. The quantitative estimate of drug-likeness (QED) is 0.288. The Hall–Kier alpha value is -0.390. The van der Waals surface area contributed by atoms with Crippen molar-refractivity contribution in [3.63, 3.8) is 0 Å². The first-order valence-corrected chi connectivity index (χ1v) is 14.5. The third-order valence-corrected chi connectivity index (χ3v) is 12.5. The molecule has 0 saturated heterocycles. The molecule has 3 heteroatoms. The van der Waals surface area contributed by atoms with Crippen molar-refractivity contribution < 1.29 is 12.4 Å². The van der Waals surface area contributed by atoms with Crippen LogP contribution in [-0.2, 0) is 10.8 Å². The minimum atomic E-state index is -0.269. The van der Waals surface area contributed by atoms with Crippen LogP contribution < -0.4 is 12.4 Å². The van der Waals surface area contributed by atoms with E-state index < -0.39 is 0 Å². The van der Waals surface area contributed by atoms with Crippen LogP contribution in [0.5, 0.6) is 0 Å². The number of allylic oxidation sites excluding steroid dienone is 7. The molecule has 1 aliphatic rings. The minimum absolute atomic E-state index is 0. The Morgan fingerprint density at radius 2 is 1.06 bits per heavy atom. The van der Waals surface area contributed by atoms with Gasteiger partial charge in [-0.05, 0) is 0 Å². The predicted octanol–water partition coefficient (Wildman–Crippen LogP) is 6.15. The molecular formula is C29H43ClSTe. The summed E-state index contributed by atoms with van der Waals surface area (Å²) in [6, 6.07) is 4.74. The van der Waals surface area contributed by atoms with Gasteiger partial charge >= 0.3 is 208 Å². The van der Waals surface area contributed by atoms with Crippen molar-refractivity contribution in [2.75, 3.05) is 0 Å². The monoisotopic (exact) mass is 588 g/mol. The maximum absolute atomic E-state index is 2.45. The number of halogens is 1. The average Bonchev–Trinajstić information content (AvgIpc) is 2.58. The van der Waals surface area contributed by atoms with Crippen molar-refractivity contribution in [1.29, 1.82) is 0 Å². The largest absolute Gasteiger partial charge is 1.00 e. The molecule has 1 aliphatic heterocycles. The predicted molar refractivity (Wildman–Crippen MR) is 144 cm³/mol. The maximum atomic E-state index is 2.45. The number of rotatable bonds is 2. The van der Waals surface area contributed by atoms with Crippen molar-refractivity contribution in [3.8, 4) is 0 Å². The molecule has 32 heavy (non-hydrogen) atoms. The van der Waals surface area contributed by atoms with Crippen LogP contribution in [0.3, 0.4) is 0 Å². The summed E-state index contributed by atoms with van der Waals surface area (Å²) in [5.74, 6) is 0. The van der Waals surface area contributed by atoms with Crippen molar-refractivity contribution >= 4 is 38.3 Å². The van der Waals surface area contributed by atoms with E-state index in [-0.39, 0.29) is 55.0 Å². The summed E-state index contributed by atoms with van der Waals surface area (Å²) in [7, 11) is 0. The van der Waals surface area contributed by atoms with Gasteiger partial charge in [0, 0.05) is 0 Å². The molecule has 0 saturated carbocycles. The zero-order chi connectivity index (χ0) is 23.8. The van der Waals surface area contributed by atoms with E-state index in [1.807, 2.05) is 11.3 Å². The fourth-order valence-corrected chi connectivity index (χ4v) is 7.76. The van der Waals surface area contributed by atoms with Crippen LogP contribution in [0.1, 0.15) is 98.4 Å².